The number of nitrogen functional groups attached to an aromatic ring is 1. The summed E-state index contributed by atoms with van der Waals surface area (Å²) in [5.74, 6) is 1.33. The fourth-order valence-electron chi connectivity index (χ4n) is 2.23. The molecule has 8 heteroatoms. The van der Waals surface area contributed by atoms with E-state index < -0.39 is 0 Å². The van der Waals surface area contributed by atoms with E-state index in [1.807, 2.05) is 13.8 Å². The number of hydrogen-bond acceptors (Lipinski definition) is 7. The van der Waals surface area contributed by atoms with Gasteiger partial charge in [0, 0.05) is 19.1 Å². The molecule has 0 amide bonds. The van der Waals surface area contributed by atoms with E-state index in [1.165, 1.54) is 0 Å². The van der Waals surface area contributed by atoms with Crippen molar-refractivity contribution in [2.24, 2.45) is 0 Å². The zero-order chi connectivity index (χ0) is 14.8. The molecule has 0 aliphatic carbocycles. The van der Waals surface area contributed by atoms with E-state index in [0.717, 1.165) is 25.9 Å². The number of aromatic nitrogens is 5. The Morgan fingerprint density at radius 1 is 1.19 bits per heavy atom. The molecule has 2 aromatic heterocycles. The second-order valence-electron chi connectivity index (χ2n) is 5.32. The molecular weight excluding hydrogens is 270 g/mol. The van der Waals surface area contributed by atoms with Gasteiger partial charge in [-0.25, -0.2) is 0 Å². The van der Waals surface area contributed by atoms with Crippen LogP contribution in [0.4, 0.5) is 11.9 Å². The first-order valence-electron chi connectivity index (χ1n) is 7.10. The van der Waals surface area contributed by atoms with Crippen molar-refractivity contribution in [2.45, 2.75) is 32.7 Å². The molecule has 3 rings (SSSR count). The highest BCUT2D eigenvalue weighted by atomic mass is 16.5. The van der Waals surface area contributed by atoms with Crippen LogP contribution in [0.15, 0.2) is 12.4 Å². The Labute approximate surface area is 123 Å². The number of rotatable bonds is 4. The molecule has 0 unspecified atom stereocenters. The standard InChI is InChI=1S/C13H19N7O/c1-9(2)20-8-10(7-15-20)21-13-17-11(14)16-12(18-13)19-5-3-4-6-19/h7-9H,3-6H2,1-2H3,(H2,14,16,17,18). The Kier molecular flexibility index (Phi) is 3.59. The van der Waals surface area contributed by atoms with E-state index >= 15 is 0 Å². The van der Waals surface area contributed by atoms with Crippen molar-refractivity contribution < 1.29 is 4.74 Å². The summed E-state index contributed by atoms with van der Waals surface area (Å²) in [6.45, 7) is 5.97. The topological polar surface area (TPSA) is 95.0 Å². The Morgan fingerprint density at radius 2 is 1.95 bits per heavy atom. The predicted octanol–water partition coefficient (Wildman–Crippen LogP) is 1.62. The number of nitrogens with two attached hydrogens (primary N) is 1. The molecule has 0 radical (unpaired) electrons. The van der Waals surface area contributed by atoms with Crippen molar-refractivity contribution >= 4 is 11.9 Å². The van der Waals surface area contributed by atoms with Crippen molar-refractivity contribution in [3.05, 3.63) is 12.4 Å². The number of anilines is 2. The fourth-order valence-corrected chi connectivity index (χ4v) is 2.23. The average Bonchev–Trinajstić information content (AvgIpc) is 3.08. The van der Waals surface area contributed by atoms with E-state index in [0.29, 0.717) is 11.7 Å². The molecule has 8 nitrogen and oxygen atoms in total. The summed E-state index contributed by atoms with van der Waals surface area (Å²) < 4.78 is 7.44. The van der Waals surface area contributed by atoms with Gasteiger partial charge in [-0.2, -0.15) is 20.1 Å². The van der Waals surface area contributed by atoms with Gasteiger partial charge in [-0.1, -0.05) is 0 Å². The van der Waals surface area contributed by atoms with Gasteiger partial charge in [0.15, 0.2) is 5.75 Å². The van der Waals surface area contributed by atoms with Gasteiger partial charge in [0.1, 0.15) is 0 Å². The number of hydrogen-bond donors (Lipinski definition) is 1. The number of ether oxygens (including phenoxy) is 1. The van der Waals surface area contributed by atoms with E-state index in [4.69, 9.17) is 10.5 Å². The summed E-state index contributed by atoms with van der Waals surface area (Å²) in [6, 6.07) is 0.471. The summed E-state index contributed by atoms with van der Waals surface area (Å²) in [5, 5.41) is 4.21. The van der Waals surface area contributed by atoms with Crippen molar-refractivity contribution in [3.63, 3.8) is 0 Å². The molecule has 1 aliphatic heterocycles. The quantitative estimate of drug-likeness (QED) is 0.913. The Balaban J connectivity index is 1.80. The van der Waals surface area contributed by atoms with Crippen molar-refractivity contribution in [2.75, 3.05) is 23.7 Å². The maximum absolute atomic E-state index is 5.74. The molecule has 0 aromatic carbocycles. The molecule has 21 heavy (non-hydrogen) atoms. The molecule has 0 spiro atoms. The first-order valence-corrected chi connectivity index (χ1v) is 7.10. The van der Waals surface area contributed by atoms with Crippen LogP contribution in [0.5, 0.6) is 11.8 Å². The van der Waals surface area contributed by atoms with E-state index in [-0.39, 0.29) is 18.0 Å². The molecule has 0 atom stereocenters. The molecule has 112 valence electrons. The highest BCUT2D eigenvalue weighted by Gasteiger charge is 2.17. The van der Waals surface area contributed by atoms with Gasteiger partial charge >= 0.3 is 6.01 Å². The number of nitrogens with zero attached hydrogens (tertiary/aromatic N) is 6. The van der Waals surface area contributed by atoms with Crippen LogP contribution in [0.3, 0.4) is 0 Å². The lowest BCUT2D eigenvalue weighted by atomic mass is 10.4. The molecular formula is C13H19N7O. The molecule has 3 heterocycles. The molecule has 1 aliphatic rings. The van der Waals surface area contributed by atoms with Crippen molar-refractivity contribution in [1.29, 1.82) is 0 Å². The van der Waals surface area contributed by atoms with Crippen molar-refractivity contribution in [3.8, 4) is 11.8 Å². The van der Waals surface area contributed by atoms with Crippen LogP contribution >= 0.6 is 0 Å². The third kappa shape index (κ3) is 3.04. The Bertz CT molecular complexity index is 619. The maximum Gasteiger partial charge on any atom is 0.328 e. The predicted molar refractivity (Wildman–Crippen MR) is 78.4 cm³/mol. The zero-order valence-electron chi connectivity index (χ0n) is 12.2. The van der Waals surface area contributed by atoms with Gasteiger partial charge in [-0.3, -0.25) is 4.68 Å². The van der Waals surface area contributed by atoms with Gasteiger partial charge in [-0.15, -0.1) is 0 Å². The monoisotopic (exact) mass is 289 g/mol. The van der Waals surface area contributed by atoms with Gasteiger partial charge in [0.25, 0.3) is 0 Å². The lowest BCUT2D eigenvalue weighted by molar-refractivity contribution is 0.438. The minimum absolute atomic E-state index is 0.165. The maximum atomic E-state index is 5.74. The minimum Gasteiger partial charge on any atom is -0.421 e. The van der Waals surface area contributed by atoms with Gasteiger partial charge < -0.3 is 15.4 Å². The van der Waals surface area contributed by atoms with Crippen LogP contribution in [0, 0.1) is 0 Å². The highest BCUT2D eigenvalue weighted by molar-refractivity contribution is 5.37. The van der Waals surface area contributed by atoms with Gasteiger partial charge in [-0.05, 0) is 26.7 Å². The van der Waals surface area contributed by atoms with Crippen molar-refractivity contribution in [1.82, 2.24) is 24.7 Å². The van der Waals surface area contributed by atoms with E-state index in [1.54, 1.807) is 17.1 Å². The first kappa shape index (κ1) is 13.6. The molecule has 0 saturated carbocycles. The molecule has 2 N–H and O–H groups in total. The summed E-state index contributed by atoms with van der Waals surface area (Å²) in [4.78, 5) is 14.6. The third-order valence-electron chi connectivity index (χ3n) is 3.33. The van der Waals surface area contributed by atoms with Crippen LogP contribution in [-0.4, -0.2) is 37.8 Å². The second-order valence-corrected chi connectivity index (χ2v) is 5.32. The summed E-state index contributed by atoms with van der Waals surface area (Å²) >= 11 is 0. The summed E-state index contributed by atoms with van der Waals surface area (Å²) in [5.41, 5.74) is 5.74. The molecule has 1 fully saturated rings. The smallest absolute Gasteiger partial charge is 0.328 e. The minimum atomic E-state index is 0.165. The van der Waals surface area contributed by atoms with Crippen LogP contribution in [-0.2, 0) is 0 Å². The summed E-state index contributed by atoms with van der Waals surface area (Å²) in [7, 11) is 0. The first-order chi connectivity index (χ1) is 10.1. The normalized spacial score (nSPS) is 14.9. The molecule has 0 bridgehead atoms. The third-order valence-corrected chi connectivity index (χ3v) is 3.33. The SMILES string of the molecule is CC(C)n1cc(Oc2nc(N)nc(N3CCCC3)n2)cn1. The lowest BCUT2D eigenvalue weighted by Gasteiger charge is -2.15. The van der Waals surface area contributed by atoms with Crippen LogP contribution in [0.1, 0.15) is 32.7 Å². The van der Waals surface area contributed by atoms with E-state index in [2.05, 4.69) is 25.0 Å². The van der Waals surface area contributed by atoms with Crippen LogP contribution < -0.4 is 15.4 Å². The Hall–Kier alpha value is -2.38. The van der Waals surface area contributed by atoms with Gasteiger partial charge in [0.2, 0.25) is 11.9 Å². The molecule has 1 saturated heterocycles. The second kappa shape index (κ2) is 5.55. The van der Waals surface area contributed by atoms with Crippen LogP contribution in [0.2, 0.25) is 0 Å². The van der Waals surface area contributed by atoms with E-state index in [9.17, 15) is 0 Å². The Morgan fingerprint density at radius 3 is 2.62 bits per heavy atom. The lowest BCUT2D eigenvalue weighted by Crippen LogP contribution is -2.21. The van der Waals surface area contributed by atoms with Gasteiger partial charge in [0.05, 0.1) is 12.4 Å². The zero-order valence-corrected chi connectivity index (χ0v) is 12.2. The van der Waals surface area contributed by atoms with Crippen LogP contribution in [0.25, 0.3) is 0 Å². The highest BCUT2D eigenvalue weighted by Crippen LogP contribution is 2.22. The fraction of sp³-hybridized carbons (Fsp3) is 0.538. The average molecular weight is 289 g/mol. The summed E-state index contributed by atoms with van der Waals surface area (Å²) in [6.07, 6.45) is 5.72. The largest absolute Gasteiger partial charge is 0.421 e. The molecule has 2 aromatic rings.